The van der Waals surface area contributed by atoms with Gasteiger partial charge in [0.25, 0.3) is 0 Å². The fourth-order valence-electron chi connectivity index (χ4n) is 0. The predicted molar refractivity (Wildman–Crippen MR) is 30.0 cm³/mol. The standard InChI is InChI=1S/2C3H5.Ni/c2*1-3-2;/h2*3H,1-2H2;/q;;+2. The van der Waals surface area contributed by atoms with Crippen LogP contribution in [0.2, 0.25) is 0 Å². The minimum absolute atomic E-state index is 0. The molecule has 0 N–H and O–H groups in total. The van der Waals surface area contributed by atoms with Gasteiger partial charge in [-0.1, -0.05) is 0 Å². The summed E-state index contributed by atoms with van der Waals surface area (Å²) in [5.41, 5.74) is 0. The fourth-order valence-corrected chi connectivity index (χ4v) is 0. The topological polar surface area (TPSA) is 0 Å². The van der Waals surface area contributed by atoms with Crippen LogP contribution in [0.4, 0.5) is 0 Å². The van der Waals surface area contributed by atoms with Gasteiger partial charge in [-0.2, -0.15) is 0 Å². The molecule has 0 unspecified atom stereocenters. The van der Waals surface area contributed by atoms with Crippen LogP contribution in [0, 0.1) is 40.5 Å². The summed E-state index contributed by atoms with van der Waals surface area (Å²) < 4.78 is 0. The van der Waals surface area contributed by atoms with Crippen LogP contribution in [0.25, 0.3) is 0 Å². The third-order valence-electron chi connectivity index (χ3n) is 0. The first kappa shape index (κ1) is 15.6. The molecule has 0 aliphatic heterocycles. The van der Waals surface area contributed by atoms with Gasteiger partial charge in [-0.15, -0.1) is 0 Å². The molecule has 0 spiro atoms. The molecule has 0 nitrogen and oxygen atoms in total. The average molecular weight is 141 g/mol. The zero-order valence-corrected chi connectivity index (χ0v) is 5.29. The summed E-state index contributed by atoms with van der Waals surface area (Å²) >= 11 is 0. The van der Waals surface area contributed by atoms with Crippen LogP contribution in [-0.2, 0) is 16.5 Å². The second-order valence-corrected chi connectivity index (χ2v) is 0.577. The molecule has 6 radical (unpaired) electrons. The van der Waals surface area contributed by atoms with Crippen LogP contribution in [-0.4, -0.2) is 0 Å². The zero-order valence-electron chi connectivity index (χ0n) is 4.30. The molecule has 0 bridgehead atoms. The number of rotatable bonds is 0. The SMILES string of the molecule is [CH2][CH][CH2].[CH2][CH][CH2].[Ni+2]. The summed E-state index contributed by atoms with van der Waals surface area (Å²) in [5, 5.41) is 0. The van der Waals surface area contributed by atoms with E-state index in [0.29, 0.717) is 0 Å². The maximum Gasteiger partial charge on any atom is 2.00 e. The van der Waals surface area contributed by atoms with E-state index in [1.807, 2.05) is 0 Å². The Hall–Kier alpha value is 0.494. The van der Waals surface area contributed by atoms with Crippen molar-refractivity contribution in [3.8, 4) is 0 Å². The molecule has 0 fully saturated rings. The quantitative estimate of drug-likeness (QED) is 0.450. The molecule has 0 saturated heterocycles. The fraction of sp³-hybridized carbons (Fsp3) is 0. The van der Waals surface area contributed by atoms with Gasteiger partial charge in [0.05, 0.1) is 0 Å². The van der Waals surface area contributed by atoms with Gasteiger partial charge >= 0.3 is 16.5 Å². The molecule has 7 heavy (non-hydrogen) atoms. The number of hydrogen-bond acceptors (Lipinski definition) is 0. The summed E-state index contributed by atoms with van der Waals surface area (Å²) in [6, 6.07) is 0. The maximum atomic E-state index is 3.25. The van der Waals surface area contributed by atoms with E-state index in [4.69, 9.17) is 0 Å². The van der Waals surface area contributed by atoms with E-state index >= 15 is 0 Å². The molecule has 0 amide bonds. The van der Waals surface area contributed by atoms with E-state index in [1.54, 1.807) is 0 Å². The average Bonchev–Trinajstić information content (AvgIpc) is 1.39. The Labute approximate surface area is 57.6 Å². The van der Waals surface area contributed by atoms with Crippen LogP contribution in [0.5, 0.6) is 0 Å². The Balaban J connectivity index is -0.0000000400. The van der Waals surface area contributed by atoms with Gasteiger partial charge < -0.3 is 0 Å². The molecule has 42 valence electrons. The summed E-state index contributed by atoms with van der Waals surface area (Å²) in [7, 11) is 0. The molecule has 0 aliphatic rings. The Morgan fingerprint density at radius 1 is 0.714 bits per heavy atom. The Bertz CT molecular complexity index is 6.14. The predicted octanol–water partition coefficient (Wildman–Crippen LogP) is 1.72. The van der Waals surface area contributed by atoms with Gasteiger partial charge in [0.2, 0.25) is 0 Å². The Morgan fingerprint density at radius 3 is 0.714 bits per heavy atom. The number of hydrogen-bond donors (Lipinski definition) is 0. The van der Waals surface area contributed by atoms with Gasteiger partial charge in [0.1, 0.15) is 0 Å². The molecule has 1 heteroatoms. The van der Waals surface area contributed by atoms with Gasteiger partial charge in [0.15, 0.2) is 0 Å². The largest absolute Gasteiger partial charge is 2.00 e. The van der Waals surface area contributed by atoms with Gasteiger partial charge in [-0.3, -0.25) is 0 Å². The van der Waals surface area contributed by atoms with E-state index in [0.717, 1.165) is 0 Å². The van der Waals surface area contributed by atoms with Gasteiger partial charge in [0, 0.05) is 0 Å². The van der Waals surface area contributed by atoms with Crippen molar-refractivity contribution < 1.29 is 16.5 Å². The Kier molecular flexibility index (Phi) is 70.5. The summed E-state index contributed by atoms with van der Waals surface area (Å²) in [6.45, 7) is 13.0. The first-order chi connectivity index (χ1) is 2.83. The molecule has 0 rings (SSSR count). The van der Waals surface area contributed by atoms with E-state index in [1.165, 1.54) is 12.8 Å². The minimum atomic E-state index is 0. The van der Waals surface area contributed by atoms with Crippen LogP contribution in [0.1, 0.15) is 0 Å². The maximum absolute atomic E-state index is 3.25. The smallest absolute Gasteiger partial charge is 0.0499 e. The van der Waals surface area contributed by atoms with Crippen molar-refractivity contribution in [3.05, 3.63) is 40.5 Å². The summed E-state index contributed by atoms with van der Waals surface area (Å²) in [6.07, 6.45) is 3.00. The van der Waals surface area contributed by atoms with Crippen LogP contribution < -0.4 is 0 Å². The van der Waals surface area contributed by atoms with E-state index < -0.39 is 0 Å². The summed E-state index contributed by atoms with van der Waals surface area (Å²) in [5.74, 6) is 0. The van der Waals surface area contributed by atoms with Crippen molar-refractivity contribution in [2.45, 2.75) is 0 Å². The van der Waals surface area contributed by atoms with Gasteiger partial charge in [-0.05, 0) is 40.5 Å². The van der Waals surface area contributed by atoms with Crippen molar-refractivity contribution in [1.82, 2.24) is 0 Å². The monoisotopic (exact) mass is 140 g/mol. The molecular formula is C6H10Ni+2. The molecule has 0 aromatic rings. The minimum Gasteiger partial charge on any atom is -0.0499 e. The van der Waals surface area contributed by atoms with Crippen molar-refractivity contribution in [2.24, 2.45) is 0 Å². The normalized spacial score (nSPS) is 5.14. The third-order valence-corrected chi connectivity index (χ3v) is 0. The van der Waals surface area contributed by atoms with Crippen LogP contribution in [0.3, 0.4) is 0 Å². The molecule has 0 saturated carbocycles. The van der Waals surface area contributed by atoms with E-state index in [9.17, 15) is 0 Å². The summed E-state index contributed by atoms with van der Waals surface area (Å²) in [4.78, 5) is 0. The third kappa shape index (κ3) is 538. The molecule has 0 aromatic heterocycles. The molecule has 0 aromatic carbocycles. The molecule has 0 heterocycles. The first-order valence-corrected chi connectivity index (χ1v) is 1.63. The van der Waals surface area contributed by atoms with Crippen molar-refractivity contribution >= 4 is 0 Å². The van der Waals surface area contributed by atoms with Gasteiger partial charge in [-0.25, -0.2) is 0 Å². The second-order valence-electron chi connectivity index (χ2n) is 0.577. The van der Waals surface area contributed by atoms with E-state index in [2.05, 4.69) is 27.7 Å². The Morgan fingerprint density at radius 2 is 0.714 bits per heavy atom. The molecule has 0 atom stereocenters. The van der Waals surface area contributed by atoms with Crippen molar-refractivity contribution in [1.29, 1.82) is 0 Å². The van der Waals surface area contributed by atoms with Crippen LogP contribution >= 0.6 is 0 Å². The van der Waals surface area contributed by atoms with Crippen molar-refractivity contribution in [2.75, 3.05) is 0 Å². The second kappa shape index (κ2) is 31.5. The van der Waals surface area contributed by atoms with Crippen molar-refractivity contribution in [3.63, 3.8) is 0 Å². The first-order valence-electron chi connectivity index (χ1n) is 1.63. The van der Waals surface area contributed by atoms with Crippen LogP contribution in [0.15, 0.2) is 0 Å². The van der Waals surface area contributed by atoms with E-state index in [-0.39, 0.29) is 16.5 Å². The molecular weight excluding hydrogens is 131 g/mol. The molecule has 0 aliphatic carbocycles. The zero-order chi connectivity index (χ0) is 5.41.